The van der Waals surface area contributed by atoms with Crippen LogP contribution in [-0.4, -0.2) is 20.2 Å². The molecule has 4 rings (SSSR count). The van der Waals surface area contributed by atoms with Gasteiger partial charge in [0.1, 0.15) is 5.82 Å². The molecular weight excluding hydrogens is 262 g/mol. The fourth-order valence-electron chi connectivity index (χ4n) is 2.50. The molecule has 0 aliphatic rings. The highest BCUT2D eigenvalue weighted by Gasteiger charge is 2.06. The zero-order valence-electron chi connectivity index (χ0n) is 11.5. The molecule has 0 aliphatic heterocycles. The largest absolute Gasteiger partial charge is 0.340 e. The van der Waals surface area contributed by atoms with E-state index in [0.717, 1.165) is 28.0 Å². The Morgan fingerprint density at radius 3 is 2.90 bits per heavy atom. The Balaban J connectivity index is 1.77. The molecule has 0 bridgehead atoms. The van der Waals surface area contributed by atoms with Crippen molar-refractivity contribution in [3.8, 4) is 0 Å². The van der Waals surface area contributed by atoms with Crippen LogP contribution >= 0.6 is 0 Å². The molecule has 5 nitrogen and oxygen atoms in total. The minimum Gasteiger partial charge on any atom is -0.340 e. The molecule has 4 aromatic rings. The van der Waals surface area contributed by atoms with E-state index in [1.165, 1.54) is 5.39 Å². The van der Waals surface area contributed by atoms with Crippen molar-refractivity contribution in [1.29, 1.82) is 0 Å². The van der Waals surface area contributed by atoms with Crippen molar-refractivity contribution in [2.24, 2.45) is 0 Å². The van der Waals surface area contributed by atoms with Gasteiger partial charge in [-0.3, -0.25) is 10.1 Å². The molecule has 0 unspecified atom stereocenters. The zero-order chi connectivity index (χ0) is 14.2. The molecule has 21 heavy (non-hydrogen) atoms. The van der Waals surface area contributed by atoms with Gasteiger partial charge in [0.2, 0.25) is 0 Å². The monoisotopic (exact) mass is 275 g/mol. The lowest BCUT2D eigenvalue weighted by Gasteiger charge is -2.07. The molecule has 0 radical (unpaired) electrons. The molecule has 3 heterocycles. The fourth-order valence-corrected chi connectivity index (χ4v) is 2.50. The average Bonchev–Trinajstić information content (AvgIpc) is 2.91. The highest BCUT2D eigenvalue weighted by Crippen LogP contribution is 2.25. The standard InChI is InChI=1S/C16H13N5/c1-10-13-5-4-12(9-11(13)6-8-17-10)19-16-14-3-2-7-18-15(14)20-21-16/h2-9H,1H3,(H2,18,19,20,21). The number of benzene rings is 1. The van der Waals surface area contributed by atoms with E-state index in [9.17, 15) is 0 Å². The Kier molecular flexibility index (Phi) is 2.57. The molecule has 0 aliphatic carbocycles. The maximum absolute atomic E-state index is 4.31. The number of nitrogens with one attached hydrogen (secondary N) is 2. The van der Waals surface area contributed by atoms with E-state index < -0.39 is 0 Å². The van der Waals surface area contributed by atoms with Crippen molar-refractivity contribution in [3.63, 3.8) is 0 Å². The summed E-state index contributed by atoms with van der Waals surface area (Å²) in [5.74, 6) is 0.850. The first-order valence-corrected chi connectivity index (χ1v) is 6.73. The van der Waals surface area contributed by atoms with E-state index in [0.29, 0.717) is 5.65 Å². The number of anilines is 2. The SMILES string of the molecule is Cc1nccc2cc(Nc3[nH]nc4ncccc34)ccc12. The maximum Gasteiger partial charge on any atom is 0.183 e. The lowest BCUT2D eigenvalue weighted by atomic mass is 10.1. The molecule has 0 fully saturated rings. The summed E-state index contributed by atoms with van der Waals surface area (Å²) < 4.78 is 0. The van der Waals surface area contributed by atoms with Gasteiger partial charge in [-0.2, -0.15) is 5.10 Å². The van der Waals surface area contributed by atoms with Crippen molar-refractivity contribution < 1.29 is 0 Å². The number of aromatic nitrogens is 4. The van der Waals surface area contributed by atoms with Crippen LogP contribution in [0.15, 0.2) is 48.8 Å². The van der Waals surface area contributed by atoms with Crippen molar-refractivity contribution >= 4 is 33.3 Å². The lowest BCUT2D eigenvalue weighted by Crippen LogP contribution is -1.92. The molecule has 102 valence electrons. The Hall–Kier alpha value is -2.95. The molecule has 0 atom stereocenters. The van der Waals surface area contributed by atoms with Gasteiger partial charge in [0.15, 0.2) is 5.65 Å². The van der Waals surface area contributed by atoms with Crippen LogP contribution in [0.4, 0.5) is 11.5 Å². The molecule has 0 saturated carbocycles. The van der Waals surface area contributed by atoms with Crippen molar-refractivity contribution in [3.05, 3.63) is 54.5 Å². The summed E-state index contributed by atoms with van der Waals surface area (Å²) in [6.07, 6.45) is 3.57. The van der Waals surface area contributed by atoms with Gasteiger partial charge in [0, 0.05) is 29.2 Å². The number of hydrogen-bond donors (Lipinski definition) is 2. The Morgan fingerprint density at radius 2 is 1.95 bits per heavy atom. The van der Waals surface area contributed by atoms with Crippen LogP contribution in [0.2, 0.25) is 0 Å². The topological polar surface area (TPSA) is 66.5 Å². The average molecular weight is 275 g/mol. The van der Waals surface area contributed by atoms with Gasteiger partial charge in [-0.15, -0.1) is 0 Å². The molecule has 5 heteroatoms. The van der Waals surface area contributed by atoms with E-state index in [2.05, 4.69) is 37.6 Å². The van der Waals surface area contributed by atoms with Gasteiger partial charge in [-0.1, -0.05) is 6.07 Å². The Bertz CT molecular complexity index is 942. The van der Waals surface area contributed by atoms with Crippen molar-refractivity contribution in [2.45, 2.75) is 6.92 Å². The highest BCUT2D eigenvalue weighted by molar-refractivity contribution is 5.91. The first-order chi connectivity index (χ1) is 10.3. The van der Waals surface area contributed by atoms with Gasteiger partial charge < -0.3 is 5.32 Å². The van der Waals surface area contributed by atoms with Crippen LogP contribution in [0.1, 0.15) is 5.69 Å². The highest BCUT2D eigenvalue weighted by atomic mass is 15.2. The van der Waals surface area contributed by atoms with Crippen molar-refractivity contribution in [2.75, 3.05) is 5.32 Å². The second-order valence-corrected chi connectivity index (χ2v) is 4.93. The molecule has 0 spiro atoms. The predicted molar refractivity (Wildman–Crippen MR) is 83.7 cm³/mol. The second kappa shape index (κ2) is 4.56. The first kappa shape index (κ1) is 11.8. The van der Waals surface area contributed by atoms with E-state index in [-0.39, 0.29) is 0 Å². The summed E-state index contributed by atoms with van der Waals surface area (Å²) in [5, 5.41) is 13.8. The molecule has 0 amide bonds. The normalized spacial score (nSPS) is 11.1. The predicted octanol–water partition coefficient (Wildman–Crippen LogP) is 3.56. The van der Waals surface area contributed by atoms with Gasteiger partial charge in [0.05, 0.1) is 5.39 Å². The third-order valence-corrected chi connectivity index (χ3v) is 3.56. The number of nitrogens with zero attached hydrogens (tertiary/aromatic N) is 3. The smallest absolute Gasteiger partial charge is 0.183 e. The van der Waals surface area contributed by atoms with E-state index in [1.54, 1.807) is 6.20 Å². The zero-order valence-corrected chi connectivity index (χ0v) is 11.5. The quantitative estimate of drug-likeness (QED) is 0.587. The number of hydrogen-bond acceptors (Lipinski definition) is 4. The number of pyridine rings is 2. The number of aromatic amines is 1. The summed E-state index contributed by atoms with van der Waals surface area (Å²) in [7, 11) is 0. The van der Waals surface area contributed by atoms with Crippen LogP contribution in [0.25, 0.3) is 21.8 Å². The minimum atomic E-state index is 0.709. The van der Waals surface area contributed by atoms with Crippen LogP contribution in [0.3, 0.4) is 0 Å². The van der Waals surface area contributed by atoms with Crippen LogP contribution < -0.4 is 5.32 Å². The summed E-state index contributed by atoms with van der Waals surface area (Å²) in [6, 6.07) is 12.1. The molecule has 0 saturated heterocycles. The summed E-state index contributed by atoms with van der Waals surface area (Å²) >= 11 is 0. The van der Waals surface area contributed by atoms with E-state index in [1.807, 2.05) is 37.4 Å². The first-order valence-electron chi connectivity index (χ1n) is 6.73. The summed E-state index contributed by atoms with van der Waals surface area (Å²) in [6.45, 7) is 2.02. The van der Waals surface area contributed by atoms with E-state index in [4.69, 9.17) is 0 Å². The number of rotatable bonds is 2. The number of fused-ring (bicyclic) bond motifs is 2. The Labute approximate surface area is 121 Å². The van der Waals surface area contributed by atoms with Crippen molar-refractivity contribution in [1.82, 2.24) is 20.2 Å². The van der Waals surface area contributed by atoms with Gasteiger partial charge in [-0.05, 0) is 42.6 Å². The van der Waals surface area contributed by atoms with Gasteiger partial charge >= 0.3 is 0 Å². The Morgan fingerprint density at radius 1 is 1.00 bits per heavy atom. The maximum atomic E-state index is 4.31. The molecular formula is C16H13N5. The fraction of sp³-hybridized carbons (Fsp3) is 0.0625. The lowest BCUT2D eigenvalue weighted by molar-refractivity contribution is 1.10. The van der Waals surface area contributed by atoms with Gasteiger partial charge in [0.25, 0.3) is 0 Å². The minimum absolute atomic E-state index is 0.709. The molecule has 3 aromatic heterocycles. The second-order valence-electron chi connectivity index (χ2n) is 4.93. The third-order valence-electron chi connectivity index (χ3n) is 3.56. The van der Waals surface area contributed by atoms with E-state index >= 15 is 0 Å². The third kappa shape index (κ3) is 1.99. The molecule has 1 aromatic carbocycles. The molecule has 2 N–H and O–H groups in total. The number of H-pyrrole nitrogens is 1. The van der Waals surface area contributed by atoms with Crippen LogP contribution in [-0.2, 0) is 0 Å². The van der Waals surface area contributed by atoms with Crippen LogP contribution in [0, 0.1) is 6.92 Å². The van der Waals surface area contributed by atoms with Crippen LogP contribution in [0.5, 0.6) is 0 Å². The number of aryl methyl sites for hydroxylation is 1. The summed E-state index contributed by atoms with van der Waals surface area (Å²) in [4.78, 5) is 8.52. The summed E-state index contributed by atoms with van der Waals surface area (Å²) in [5.41, 5.74) is 2.75. The van der Waals surface area contributed by atoms with Gasteiger partial charge in [-0.25, -0.2) is 4.98 Å².